The fourth-order valence-electron chi connectivity index (χ4n) is 3.19. The highest BCUT2D eigenvalue weighted by molar-refractivity contribution is 6.10. The molecule has 8 nitrogen and oxygen atoms in total. The Morgan fingerprint density at radius 3 is 2.63 bits per heavy atom. The fraction of sp³-hybridized carbons (Fsp3) is 0.0909. The van der Waals surface area contributed by atoms with Crippen molar-refractivity contribution in [3.63, 3.8) is 0 Å². The van der Waals surface area contributed by atoms with Crippen LogP contribution < -0.4 is 5.76 Å². The van der Waals surface area contributed by atoms with Crippen molar-refractivity contribution in [2.75, 3.05) is 0 Å². The molecule has 0 aliphatic heterocycles. The maximum Gasteiger partial charge on any atom is 0.420 e. The van der Waals surface area contributed by atoms with Gasteiger partial charge in [0.15, 0.2) is 23.0 Å². The van der Waals surface area contributed by atoms with E-state index in [0.717, 1.165) is 5.56 Å². The van der Waals surface area contributed by atoms with E-state index in [-0.39, 0.29) is 18.2 Å². The minimum Gasteiger partial charge on any atom is -0.459 e. The molecule has 148 valence electrons. The zero-order valence-corrected chi connectivity index (χ0v) is 15.9. The summed E-state index contributed by atoms with van der Waals surface area (Å²) in [7, 11) is 0. The number of hydrogen-bond acceptors (Lipinski definition) is 7. The third-order valence-corrected chi connectivity index (χ3v) is 4.74. The molecule has 0 aliphatic rings. The van der Waals surface area contributed by atoms with Gasteiger partial charge in [-0.15, -0.1) is 0 Å². The van der Waals surface area contributed by atoms with Crippen LogP contribution >= 0.6 is 0 Å². The van der Waals surface area contributed by atoms with E-state index < -0.39 is 5.76 Å². The largest absolute Gasteiger partial charge is 0.459 e. The van der Waals surface area contributed by atoms with Crippen molar-refractivity contribution in [1.29, 1.82) is 0 Å². The molecule has 3 heterocycles. The Kier molecular flexibility index (Phi) is 4.17. The van der Waals surface area contributed by atoms with Crippen LogP contribution in [0.4, 0.5) is 0 Å². The number of rotatable bonds is 5. The summed E-state index contributed by atoms with van der Waals surface area (Å²) in [4.78, 5) is 29.3. The van der Waals surface area contributed by atoms with Crippen LogP contribution in [0.2, 0.25) is 0 Å². The first kappa shape index (κ1) is 17.9. The van der Waals surface area contributed by atoms with E-state index in [4.69, 9.17) is 13.4 Å². The summed E-state index contributed by atoms with van der Waals surface area (Å²) in [6, 6.07) is 15.6. The van der Waals surface area contributed by atoms with Crippen molar-refractivity contribution in [1.82, 2.24) is 14.7 Å². The van der Waals surface area contributed by atoms with Crippen LogP contribution in [-0.4, -0.2) is 20.5 Å². The van der Waals surface area contributed by atoms with E-state index in [1.807, 2.05) is 19.1 Å². The molecule has 0 amide bonds. The molecule has 0 saturated heterocycles. The van der Waals surface area contributed by atoms with E-state index in [1.165, 1.54) is 10.8 Å². The quantitative estimate of drug-likeness (QED) is 0.412. The lowest BCUT2D eigenvalue weighted by atomic mass is 10.0. The Labute approximate surface area is 169 Å². The van der Waals surface area contributed by atoms with Crippen molar-refractivity contribution in [3.05, 3.63) is 93.9 Å². The summed E-state index contributed by atoms with van der Waals surface area (Å²) in [5.41, 5.74) is 2.92. The molecule has 0 unspecified atom stereocenters. The molecule has 0 spiro atoms. The first-order valence-corrected chi connectivity index (χ1v) is 9.20. The Bertz CT molecular complexity index is 1410. The van der Waals surface area contributed by atoms with Gasteiger partial charge in [0, 0.05) is 11.1 Å². The van der Waals surface area contributed by atoms with Gasteiger partial charge >= 0.3 is 5.76 Å². The fourth-order valence-corrected chi connectivity index (χ4v) is 3.19. The Morgan fingerprint density at radius 2 is 1.87 bits per heavy atom. The van der Waals surface area contributed by atoms with Gasteiger partial charge in [-0.05, 0) is 37.3 Å². The summed E-state index contributed by atoms with van der Waals surface area (Å²) in [6.45, 7) is 2.01. The Balaban J connectivity index is 1.46. The second-order valence-electron chi connectivity index (χ2n) is 6.82. The maximum absolute atomic E-state index is 12.7. The monoisotopic (exact) mass is 401 g/mol. The van der Waals surface area contributed by atoms with Crippen molar-refractivity contribution < 1.29 is 18.2 Å². The van der Waals surface area contributed by atoms with Gasteiger partial charge in [0.25, 0.3) is 5.89 Å². The number of fused-ring (bicyclic) bond motifs is 1. The van der Waals surface area contributed by atoms with E-state index in [2.05, 4.69) is 10.1 Å². The molecule has 8 heteroatoms. The van der Waals surface area contributed by atoms with Crippen LogP contribution in [0.25, 0.3) is 22.8 Å². The van der Waals surface area contributed by atoms with Crippen LogP contribution in [0.3, 0.4) is 0 Å². The summed E-state index contributed by atoms with van der Waals surface area (Å²) >= 11 is 0. The van der Waals surface area contributed by atoms with Gasteiger partial charge in [-0.2, -0.15) is 4.98 Å². The molecule has 0 atom stereocenters. The highest BCUT2D eigenvalue weighted by Crippen LogP contribution is 2.20. The highest BCUT2D eigenvalue weighted by atomic mass is 16.5. The minimum absolute atomic E-state index is 0.0568. The molecule has 0 bridgehead atoms. The number of furan rings is 1. The van der Waals surface area contributed by atoms with Crippen molar-refractivity contribution >= 4 is 16.9 Å². The number of hydrogen-bond donors (Lipinski definition) is 0. The normalized spacial score (nSPS) is 11.2. The number of ketones is 1. The second-order valence-corrected chi connectivity index (χ2v) is 6.82. The predicted molar refractivity (Wildman–Crippen MR) is 106 cm³/mol. The molecule has 3 aromatic heterocycles. The summed E-state index contributed by atoms with van der Waals surface area (Å²) in [5, 5.41) is 3.89. The molecule has 5 aromatic rings. The standard InChI is InChI=1S/C22H15N3O5/c1-13-4-6-14(7-5-13)20(26)15-8-9-16-18(11-15)29-22(27)25(16)12-19-23-21(30-24-19)17-3-2-10-28-17/h2-11H,12H2,1H3. The molecule has 0 saturated carbocycles. The van der Waals surface area contributed by atoms with E-state index >= 15 is 0 Å². The maximum atomic E-state index is 12.7. The molecule has 30 heavy (non-hydrogen) atoms. The smallest absolute Gasteiger partial charge is 0.420 e. The summed E-state index contributed by atoms with van der Waals surface area (Å²) < 4.78 is 17.1. The molecule has 0 radical (unpaired) electrons. The molecule has 5 rings (SSSR count). The third kappa shape index (κ3) is 3.14. The molecule has 0 N–H and O–H groups in total. The first-order chi connectivity index (χ1) is 14.6. The molecular weight excluding hydrogens is 386 g/mol. The lowest BCUT2D eigenvalue weighted by molar-refractivity contribution is 0.103. The average molecular weight is 401 g/mol. The van der Waals surface area contributed by atoms with Crippen molar-refractivity contribution in [2.45, 2.75) is 13.5 Å². The molecular formula is C22H15N3O5. The predicted octanol–water partition coefficient (Wildman–Crippen LogP) is 3.83. The highest BCUT2D eigenvalue weighted by Gasteiger charge is 2.17. The summed E-state index contributed by atoms with van der Waals surface area (Å²) in [6.07, 6.45) is 1.50. The zero-order chi connectivity index (χ0) is 20.7. The molecule has 0 fully saturated rings. The van der Waals surface area contributed by atoms with Crippen LogP contribution in [0, 0.1) is 6.92 Å². The van der Waals surface area contributed by atoms with Crippen LogP contribution in [-0.2, 0) is 6.54 Å². The van der Waals surface area contributed by atoms with Gasteiger partial charge in [-0.1, -0.05) is 35.0 Å². The van der Waals surface area contributed by atoms with Gasteiger partial charge in [-0.3, -0.25) is 9.36 Å². The topological polar surface area (TPSA) is 104 Å². The Morgan fingerprint density at radius 1 is 1.07 bits per heavy atom. The number of aryl methyl sites for hydroxylation is 1. The lowest BCUT2D eigenvalue weighted by Crippen LogP contribution is -2.15. The van der Waals surface area contributed by atoms with Gasteiger partial charge in [0.1, 0.15) is 0 Å². The van der Waals surface area contributed by atoms with E-state index in [1.54, 1.807) is 42.5 Å². The van der Waals surface area contributed by atoms with E-state index in [9.17, 15) is 9.59 Å². The number of carbonyl (C=O) groups excluding carboxylic acids is 1. The van der Waals surface area contributed by atoms with Crippen LogP contribution in [0.15, 0.2) is 79.0 Å². The first-order valence-electron chi connectivity index (χ1n) is 9.20. The second kappa shape index (κ2) is 7.00. The number of benzene rings is 2. The van der Waals surface area contributed by atoms with Gasteiger partial charge in [0.05, 0.1) is 18.3 Å². The summed E-state index contributed by atoms with van der Waals surface area (Å²) in [5.74, 6) is 0.244. The van der Waals surface area contributed by atoms with Gasteiger partial charge < -0.3 is 13.4 Å². The van der Waals surface area contributed by atoms with Gasteiger partial charge in [-0.25, -0.2) is 4.79 Å². The van der Waals surface area contributed by atoms with Crippen LogP contribution in [0.1, 0.15) is 27.3 Å². The molecule has 2 aromatic carbocycles. The minimum atomic E-state index is -0.575. The SMILES string of the molecule is Cc1ccc(C(=O)c2ccc3c(c2)oc(=O)n3Cc2noc(-c3ccco3)n2)cc1. The number of oxazole rings is 1. The zero-order valence-electron chi connectivity index (χ0n) is 15.9. The van der Waals surface area contributed by atoms with Crippen molar-refractivity contribution in [2.24, 2.45) is 0 Å². The third-order valence-electron chi connectivity index (χ3n) is 4.74. The average Bonchev–Trinajstić information content (AvgIpc) is 3.49. The van der Waals surface area contributed by atoms with E-state index in [0.29, 0.717) is 33.8 Å². The van der Waals surface area contributed by atoms with Gasteiger partial charge in [0.2, 0.25) is 0 Å². The van der Waals surface area contributed by atoms with Crippen molar-refractivity contribution in [3.8, 4) is 11.7 Å². The Hall–Kier alpha value is -4.20. The lowest BCUT2D eigenvalue weighted by Gasteiger charge is -2.02. The van der Waals surface area contributed by atoms with Crippen LogP contribution in [0.5, 0.6) is 0 Å². The molecule has 0 aliphatic carbocycles. The number of carbonyl (C=O) groups is 1. The number of nitrogens with zero attached hydrogens (tertiary/aromatic N) is 3. The number of aromatic nitrogens is 3.